The second-order valence-corrected chi connectivity index (χ2v) is 11.0. The molecular weight excluding hydrogens is 508 g/mol. The van der Waals surface area contributed by atoms with Crippen molar-refractivity contribution in [2.24, 2.45) is 0 Å². The molecule has 7 rings (SSSR count). The van der Waals surface area contributed by atoms with Gasteiger partial charge in [0.25, 0.3) is 0 Å². The average Bonchev–Trinajstić information content (AvgIpc) is 3.40. The van der Waals surface area contributed by atoms with Gasteiger partial charge in [-0.3, -0.25) is 0 Å². The second-order valence-electron chi connectivity index (χ2n) is 7.99. The van der Waals surface area contributed by atoms with E-state index in [4.69, 9.17) is 9.97 Å². The summed E-state index contributed by atoms with van der Waals surface area (Å²) in [5, 5.41) is 3.76. The molecule has 0 radical (unpaired) electrons. The molecule has 0 aliphatic carbocycles. The van der Waals surface area contributed by atoms with Crippen LogP contribution < -0.4 is 0 Å². The van der Waals surface area contributed by atoms with E-state index >= 15 is 0 Å². The molecular formula is C28H15BrN2S2. The number of aromatic nitrogens is 2. The molecule has 156 valence electrons. The van der Waals surface area contributed by atoms with Crippen LogP contribution in [0.2, 0.25) is 0 Å². The Balaban J connectivity index is 1.55. The Hall–Kier alpha value is -3.12. The van der Waals surface area contributed by atoms with E-state index in [1.165, 1.54) is 24.9 Å². The van der Waals surface area contributed by atoms with Gasteiger partial charge in [-0.1, -0.05) is 76.6 Å². The molecule has 0 saturated heterocycles. The largest absolute Gasteiger partial charge is 0.242 e. The van der Waals surface area contributed by atoms with Gasteiger partial charge >= 0.3 is 0 Å². The molecule has 0 aliphatic heterocycles. The fourth-order valence-corrected chi connectivity index (χ4v) is 7.00. The number of fused-ring (bicyclic) bond motifs is 6. The maximum absolute atomic E-state index is 5.24. The van der Waals surface area contributed by atoms with Crippen molar-refractivity contribution < 1.29 is 0 Å². The molecule has 7 aromatic rings. The lowest BCUT2D eigenvalue weighted by Gasteiger charge is -2.10. The summed E-state index contributed by atoms with van der Waals surface area (Å²) in [6.45, 7) is 0. The zero-order valence-corrected chi connectivity index (χ0v) is 20.5. The summed E-state index contributed by atoms with van der Waals surface area (Å²) < 4.78 is 4.82. The SMILES string of the molecule is Brc1cccc(-c2nc3sc4ccccc4c3nc2-c2ccc3c(c2)sc2ccccc23)c1. The van der Waals surface area contributed by atoms with Crippen LogP contribution in [0.5, 0.6) is 0 Å². The van der Waals surface area contributed by atoms with E-state index < -0.39 is 0 Å². The zero-order valence-electron chi connectivity index (χ0n) is 17.2. The molecule has 0 fully saturated rings. The van der Waals surface area contributed by atoms with Crippen molar-refractivity contribution in [1.82, 2.24) is 9.97 Å². The van der Waals surface area contributed by atoms with Crippen molar-refractivity contribution in [3.8, 4) is 22.5 Å². The van der Waals surface area contributed by atoms with E-state index in [0.29, 0.717) is 0 Å². The van der Waals surface area contributed by atoms with Crippen LogP contribution in [0.15, 0.2) is 95.5 Å². The molecule has 0 N–H and O–H groups in total. The van der Waals surface area contributed by atoms with Crippen LogP contribution >= 0.6 is 38.6 Å². The van der Waals surface area contributed by atoms with Gasteiger partial charge < -0.3 is 0 Å². The summed E-state index contributed by atoms with van der Waals surface area (Å²) in [7, 11) is 0. The van der Waals surface area contributed by atoms with Gasteiger partial charge in [-0.05, 0) is 30.3 Å². The number of hydrogen-bond donors (Lipinski definition) is 0. The quantitative estimate of drug-likeness (QED) is 0.226. The standard InChI is InChI=1S/C28H15BrN2S2/c29-18-7-5-6-16(14-18)26-25(30-27-21-9-2-4-11-23(21)33-28(27)31-26)17-12-13-20-19-8-1-3-10-22(19)32-24(20)15-17/h1-15H. The summed E-state index contributed by atoms with van der Waals surface area (Å²) in [5.41, 5.74) is 4.96. The van der Waals surface area contributed by atoms with Crippen LogP contribution in [-0.2, 0) is 0 Å². The van der Waals surface area contributed by atoms with Crippen LogP contribution in [0.3, 0.4) is 0 Å². The first kappa shape index (κ1) is 19.4. The van der Waals surface area contributed by atoms with E-state index in [1.54, 1.807) is 11.3 Å². The molecule has 33 heavy (non-hydrogen) atoms. The number of benzene rings is 4. The first-order valence-corrected chi connectivity index (χ1v) is 13.0. The highest BCUT2D eigenvalue weighted by atomic mass is 79.9. The fourth-order valence-electron chi connectivity index (χ4n) is 4.43. The van der Waals surface area contributed by atoms with Crippen molar-refractivity contribution in [3.05, 3.63) is 95.5 Å². The number of thiophene rings is 2. The van der Waals surface area contributed by atoms with Crippen LogP contribution in [-0.4, -0.2) is 9.97 Å². The summed E-state index contributed by atoms with van der Waals surface area (Å²) in [5.74, 6) is 0. The van der Waals surface area contributed by atoms with E-state index in [0.717, 1.165) is 42.7 Å². The van der Waals surface area contributed by atoms with Gasteiger partial charge in [0.1, 0.15) is 10.3 Å². The van der Waals surface area contributed by atoms with Gasteiger partial charge in [0.05, 0.1) is 11.4 Å². The normalized spacial score (nSPS) is 11.8. The van der Waals surface area contributed by atoms with E-state index in [-0.39, 0.29) is 0 Å². The third kappa shape index (κ3) is 3.11. The Morgan fingerprint density at radius 3 is 2.09 bits per heavy atom. The van der Waals surface area contributed by atoms with Crippen molar-refractivity contribution >= 4 is 79.2 Å². The Kier molecular flexibility index (Phi) is 4.37. The molecule has 0 spiro atoms. The molecule has 0 saturated carbocycles. The number of halogens is 1. The van der Waals surface area contributed by atoms with Crippen molar-refractivity contribution in [2.45, 2.75) is 0 Å². The molecule has 0 atom stereocenters. The highest BCUT2D eigenvalue weighted by Gasteiger charge is 2.17. The maximum Gasteiger partial charge on any atom is 0.143 e. The number of nitrogens with zero attached hydrogens (tertiary/aromatic N) is 2. The van der Waals surface area contributed by atoms with Gasteiger partial charge in [0, 0.05) is 45.9 Å². The van der Waals surface area contributed by atoms with Crippen molar-refractivity contribution in [2.75, 3.05) is 0 Å². The molecule has 0 aliphatic rings. The van der Waals surface area contributed by atoms with Gasteiger partial charge in [-0.15, -0.1) is 22.7 Å². The third-order valence-electron chi connectivity index (χ3n) is 5.96. The number of hydrogen-bond acceptors (Lipinski definition) is 4. The van der Waals surface area contributed by atoms with Crippen LogP contribution in [0.25, 0.3) is 63.1 Å². The van der Waals surface area contributed by atoms with Gasteiger partial charge in [-0.2, -0.15) is 0 Å². The van der Waals surface area contributed by atoms with Gasteiger partial charge in [-0.25, -0.2) is 9.97 Å². The summed E-state index contributed by atoms with van der Waals surface area (Å²) in [4.78, 5) is 11.4. The molecule has 2 nitrogen and oxygen atoms in total. The van der Waals surface area contributed by atoms with Crippen molar-refractivity contribution in [3.63, 3.8) is 0 Å². The summed E-state index contributed by atoms with van der Waals surface area (Å²) >= 11 is 7.16. The van der Waals surface area contributed by atoms with Gasteiger partial charge in [0.15, 0.2) is 0 Å². The highest BCUT2D eigenvalue weighted by Crippen LogP contribution is 2.40. The Morgan fingerprint density at radius 2 is 1.24 bits per heavy atom. The Bertz CT molecular complexity index is 1850. The van der Waals surface area contributed by atoms with Crippen molar-refractivity contribution in [1.29, 1.82) is 0 Å². The summed E-state index contributed by atoms with van der Waals surface area (Å²) in [6.07, 6.45) is 0. The van der Waals surface area contributed by atoms with Crippen LogP contribution in [0, 0.1) is 0 Å². The molecule has 0 amide bonds. The van der Waals surface area contributed by atoms with E-state index in [9.17, 15) is 0 Å². The lowest BCUT2D eigenvalue weighted by Crippen LogP contribution is -1.94. The lowest BCUT2D eigenvalue weighted by atomic mass is 10.0. The highest BCUT2D eigenvalue weighted by molar-refractivity contribution is 9.10. The smallest absolute Gasteiger partial charge is 0.143 e. The topological polar surface area (TPSA) is 25.8 Å². The van der Waals surface area contributed by atoms with Crippen LogP contribution in [0.4, 0.5) is 0 Å². The molecule has 5 heteroatoms. The second kappa shape index (κ2) is 7.45. The zero-order chi connectivity index (χ0) is 21.9. The van der Waals surface area contributed by atoms with E-state index in [2.05, 4.69) is 101 Å². The van der Waals surface area contributed by atoms with E-state index in [1.807, 2.05) is 17.4 Å². The monoisotopic (exact) mass is 522 g/mol. The molecule has 3 heterocycles. The summed E-state index contributed by atoms with van der Waals surface area (Å²) in [6, 6.07) is 32.0. The Morgan fingerprint density at radius 1 is 0.545 bits per heavy atom. The average molecular weight is 523 g/mol. The third-order valence-corrected chi connectivity index (χ3v) is 8.64. The maximum atomic E-state index is 5.24. The minimum Gasteiger partial charge on any atom is -0.242 e. The first-order chi connectivity index (χ1) is 16.2. The molecule has 0 unspecified atom stereocenters. The minimum atomic E-state index is 0.913. The molecule has 4 aromatic carbocycles. The first-order valence-electron chi connectivity index (χ1n) is 10.6. The van der Waals surface area contributed by atoms with Crippen LogP contribution in [0.1, 0.15) is 0 Å². The molecule has 0 bridgehead atoms. The molecule has 3 aromatic heterocycles. The lowest BCUT2D eigenvalue weighted by molar-refractivity contribution is 1.32. The number of rotatable bonds is 2. The Labute approximate surface area is 206 Å². The fraction of sp³-hybridized carbons (Fsp3) is 0. The van der Waals surface area contributed by atoms with Gasteiger partial charge in [0.2, 0.25) is 0 Å². The minimum absolute atomic E-state index is 0.913. The predicted octanol–water partition coefficient (Wildman–Crippen LogP) is 9.31. The predicted molar refractivity (Wildman–Crippen MR) is 146 cm³/mol.